The maximum Gasteiger partial charge on any atom is 0.0544 e. The van der Waals surface area contributed by atoms with Crippen LogP contribution in [0.15, 0.2) is 17.0 Å². The van der Waals surface area contributed by atoms with Gasteiger partial charge in [-0.3, -0.25) is 0 Å². The second-order valence-electron chi connectivity index (χ2n) is 5.41. The second kappa shape index (κ2) is 3.66. The molecule has 1 saturated heterocycles. The van der Waals surface area contributed by atoms with Gasteiger partial charge in [-0.05, 0) is 37.1 Å². The first-order valence-corrected chi connectivity index (χ1v) is 7.58. The molecule has 3 heteroatoms. The fraction of sp³-hybridized carbons (Fsp3) is 0.571. The molecule has 17 heavy (non-hydrogen) atoms. The van der Waals surface area contributed by atoms with Crippen molar-refractivity contribution in [2.45, 2.75) is 30.2 Å². The lowest BCUT2D eigenvalue weighted by molar-refractivity contribution is 0.405. The lowest BCUT2D eigenvalue weighted by atomic mass is 9.89. The van der Waals surface area contributed by atoms with Crippen molar-refractivity contribution < 1.29 is 0 Å². The summed E-state index contributed by atoms with van der Waals surface area (Å²) in [6, 6.07) is 5.57. The predicted octanol–water partition coefficient (Wildman–Crippen LogP) is 2.37. The minimum Gasteiger partial charge on any atom is -0.366 e. The fourth-order valence-corrected chi connectivity index (χ4v) is 4.85. The van der Waals surface area contributed by atoms with Gasteiger partial charge in [0.05, 0.1) is 5.69 Å². The number of hydrogen-bond acceptors (Lipinski definition) is 3. The minimum absolute atomic E-state index is 0.732. The van der Waals surface area contributed by atoms with Gasteiger partial charge in [0, 0.05) is 35.7 Å². The highest BCUT2D eigenvalue weighted by Crippen LogP contribution is 2.50. The van der Waals surface area contributed by atoms with Gasteiger partial charge in [0.2, 0.25) is 0 Å². The number of thioether (sulfide) groups is 1. The van der Waals surface area contributed by atoms with E-state index in [0.29, 0.717) is 0 Å². The van der Waals surface area contributed by atoms with Crippen LogP contribution in [-0.2, 0) is 0 Å². The Morgan fingerprint density at radius 3 is 3.29 bits per heavy atom. The molecule has 1 aromatic rings. The van der Waals surface area contributed by atoms with E-state index in [1.807, 2.05) is 11.8 Å². The number of fused-ring (bicyclic) bond motifs is 3. The molecule has 0 bridgehead atoms. The van der Waals surface area contributed by atoms with Crippen molar-refractivity contribution in [1.82, 2.24) is 5.32 Å². The SMILES string of the molecule is Cc1cc2c3c(c1)[C@H]1CNCC[C@H]1N3CCS2. The quantitative estimate of drug-likeness (QED) is 0.756. The maximum atomic E-state index is 3.57. The van der Waals surface area contributed by atoms with Crippen LogP contribution in [-0.4, -0.2) is 31.4 Å². The number of rotatable bonds is 0. The number of nitrogens with one attached hydrogen (secondary N) is 1. The first-order chi connectivity index (χ1) is 8.34. The summed E-state index contributed by atoms with van der Waals surface area (Å²) in [6.45, 7) is 5.84. The number of hydrogen-bond donors (Lipinski definition) is 1. The summed E-state index contributed by atoms with van der Waals surface area (Å²) in [5.74, 6) is 1.99. The minimum atomic E-state index is 0.732. The molecule has 1 aromatic carbocycles. The van der Waals surface area contributed by atoms with Crippen LogP contribution in [0.1, 0.15) is 23.5 Å². The van der Waals surface area contributed by atoms with Crippen LogP contribution >= 0.6 is 11.8 Å². The first-order valence-electron chi connectivity index (χ1n) is 6.59. The molecule has 2 atom stereocenters. The summed E-state index contributed by atoms with van der Waals surface area (Å²) >= 11 is 2.04. The van der Waals surface area contributed by atoms with Crippen LogP contribution in [0.5, 0.6) is 0 Å². The van der Waals surface area contributed by atoms with E-state index >= 15 is 0 Å². The Morgan fingerprint density at radius 2 is 2.35 bits per heavy atom. The molecule has 0 amide bonds. The molecule has 0 spiro atoms. The zero-order chi connectivity index (χ0) is 11.4. The highest BCUT2D eigenvalue weighted by Gasteiger charge is 2.42. The molecular weight excluding hydrogens is 228 g/mol. The summed E-state index contributed by atoms with van der Waals surface area (Å²) in [4.78, 5) is 4.23. The molecule has 0 aliphatic carbocycles. The Bertz CT molecular complexity index is 472. The molecule has 90 valence electrons. The van der Waals surface area contributed by atoms with Gasteiger partial charge in [0.25, 0.3) is 0 Å². The molecule has 0 saturated carbocycles. The van der Waals surface area contributed by atoms with E-state index in [4.69, 9.17) is 0 Å². The lowest BCUT2D eigenvalue weighted by Gasteiger charge is -2.36. The van der Waals surface area contributed by atoms with Gasteiger partial charge in [0.15, 0.2) is 0 Å². The van der Waals surface area contributed by atoms with Crippen molar-refractivity contribution in [3.63, 3.8) is 0 Å². The van der Waals surface area contributed by atoms with Gasteiger partial charge >= 0.3 is 0 Å². The zero-order valence-corrected chi connectivity index (χ0v) is 11.0. The van der Waals surface area contributed by atoms with E-state index in [1.54, 1.807) is 11.3 Å². The van der Waals surface area contributed by atoms with Crippen LogP contribution in [0.3, 0.4) is 0 Å². The van der Waals surface area contributed by atoms with Crippen molar-refractivity contribution in [3.8, 4) is 0 Å². The Balaban J connectivity index is 1.91. The lowest BCUT2D eigenvalue weighted by Crippen LogP contribution is -2.45. The smallest absolute Gasteiger partial charge is 0.0544 e. The Labute approximate surface area is 107 Å². The largest absolute Gasteiger partial charge is 0.366 e. The molecule has 1 N–H and O–H groups in total. The summed E-state index contributed by atoms with van der Waals surface area (Å²) in [5.41, 5.74) is 4.62. The molecule has 1 fully saturated rings. The third kappa shape index (κ3) is 1.39. The Hall–Kier alpha value is -0.670. The molecule has 0 radical (unpaired) electrons. The van der Waals surface area contributed by atoms with E-state index < -0.39 is 0 Å². The number of nitrogens with zero attached hydrogens (tertiary/aromatic N) is 1. The van der Waals surface area contributed by atoms with Crippen molar-refractivity contribution in [2.75, 3.05) is 30.3 Å². The predicted molar refractivity (Wildman–Crippen MR) is 73.3 cm³/mol. The van der Waals surface area contributed by atoms with Crippen LogP contribution in [0.25, 0.3) is 0 Å². The summed E-state index contributed by atoms with van der Waals surface area (Å²) < 4.78 is 0. The number of benzene rings is 1. The monoisotopic (exact) mass is 246 g/mol. The summed E-state index contributed by atoms with van der Waals surface area (Å²) in [7, 11) is 0. The standard InChI is InChI=1S/C14H18N2S/c1-9-6-10-11-8-15-3-2-12(11)16-4-5-17-13(7-9)14(10)16/h6-7,11-12,15H,2-5,8H2,1H3/t11-,12-/m1/s1. The molecule has 2 nitrogen and oxygen atoms in total. The topological polar surface area (TPSA) is 15.3 Å². The Morgan fingerprint density at radius 1 is 1.41 bits per heavy atom. The summed E-state index contributed by atoms with van der Waals surface area (Å²) in [5, 5.41) is 3.57. The molecule has 3 aliphatic rings. The third-order valence-corrected chi connectivity index (χ3v) is 5.38. The van der Waals surface area contributed by atoms with Crippen molar-refractivity contribution in [3.05, 3.63) is 23.3 Å². The number of anilines is 1. The van der Waals surface area contributed by atoms with E-state index in [0.717, 1.165) is 12.0 Å². The fourth-order valence-electron chi connectivity index (χ4n) is 3.71. The third-order valence-electron chi connectivity index (χ3n) is 4.37. The second-order valence-corrected chi connectivity index (χ2v) is 6.55. The van der Waals surface area contributed by atoms with E-state index in [1.165, 1.54) is 42.3 Å². The van der Waals surface area contributed by atoms with Crippen molar-refractivity contribution in [2.24, 2.45) is 0 Å². The number of aryl methyl sites for hydroxylation is 1. The highest BCUT2D eigenvalue weighted by atomic mass is 32.2. The molecule has 0 unspecified atom stereocenters. The van der Waals surface area contributed by atoms with Crippen LogP contribution < -0.4 is 10.2 Å². The molecule has 3 heterocycles. The Kier molecular flexibility index (Phi) is 2.21. The van der Waals surface area contributed by atoms with E-state index in [-0.39, 0.29) is 0 Å². The van der Waals surface area contributed by atoms with Crippen molar-refractivity contribution >= 4 is 17.4 Å². The van der Waals surface area contributed by atoms with Gasteiger partial charge < -0.3 is 10.2 Å². The van der Waals surface area contributed by atoms with Gasteiger partial charge in [-0.1, -0.05) is 6.07 Å². The number of piperidine rings is 1. The van der Waals surface area contributed by atoms with Crippen LogP contribution in [0, 0.1) is 6.92 Å². The van der Waals surface area contributed by atoms with E-state index in [9.17, 15) is 0 Å². The molecule has 3 aliphatic heterocycles. The van der Waals surface area contributed by atoms with E-state index in [2.05, 4.69) is 29.3 Å². The maximum absolute atomic E-state index is 3.57. The van der Waals surface area contributed by atoms with Crippen LogP contribution in [0.4, 0.5) is 5.69 Å². The van der Waals surface area contributed by atoms with Gasteiger partial charge in [-0.15, -0.1) is 11.8 Å². The van der Waals surface area contributed by atoms with Crippen LogP contribution in [0.2, 0.25) is 0 Å². The zero-order valence-electron chi connectivity index (χ0n) is 10.2. The van der Waals surface area contributed by atoms with Crippen molar-refractivity contribution in [1.29, 1.82) is 0 Å². The molecule has 4 rings (SSSR count). The molecular formula is C14H18N2S. The average molecular weight is 246 g/mol. The first kappa shape index (κ1) is 10.3. The molecule has 0 aromatic heterocycles. The van der Waals surface area contributed by atoms with Gasteiger partial charge in [0.1, 0.15) is 0 Å². The summed E-state index contributed by atoms with van der Waals surface area (Å²) in [6.07, 6.45) is 1.31. The van der Waals surface area contributed by atoms with Gasteiger partial charge in [-0.2, -0.15) is 0 Å². The van der Waals surface area contributed by atoms with Gasteiger partial charge in [-0.25, -0.2) is 0 Å². The highest BCUT2D eigenvalue weighted by molar-refractivity contribution is 7.99. The average Bonchev–Trinajstić information content (AvgIpc) is 2.67. The normalized spacial score (nSPS) is 30.1.